The smallest absolute Gasteiger partial charge is 0.0637 e. The Morgan fingerprint density at radius 3 is 2.10 bits per heavy atom. The van der Waals surface area contributed by atoms with Crippen LogP contribution >= 0.6 is 0 Å². The molecule has 0 aromatic rings. The van der Waals surface area contributed by atoms with Crippen molar-refractivity contribution in [1.82, 2.24) is 5.32 Å². The average molecular weight is 677 g/mol. The second-order valence-electron chi connectivity index (χ2n) is 17.1. The monoisotopic (exact) mass is 677 g/mol. The lowest BCUT2D eigenvalue weighted by Crippen LogP contribution is -2.63. The highest BCUT2D eigenvalue weighted by atomic mass is 16.5. The molecule has 7 N–H and O–H groups in total. The molecule has 7 nitrogen and oxygen atoms in total. The molecule has 0 radical (unpaired) electrons. The molecule has 0 bridgehead atoms. The van der Waals surface area contributed by atoms with E-state index in [-0.39, 0.29) is 5.41 Å². The summed E-state index contributed by atoms with van der Waals surface area (Å²) < 4.78 is 20.4. The first kappa shape index (κ1) is 40.5. The summed E-state index contributed by atoms with van der Waals surface area (Å²) in [5.74, 6) is 3.92. The van der Waals surface area contributed by atoms with Gasteiger partial charge in [-0.2, -0.15) is 0 Å². The predicted octanol–water partition coefficient (Wildman–Crippen LogP) is 7.43. The van der Waals surface area contributed by atoms with Crippen molar-refractivity contribution in [3.05, 3.63) is 0 Å². The van der Waals surface area contributed by atoms with Gasteiger partial charge < -0.3 is 36.7 Å². The third-order valence-corrected chi connectivity index (χ3v) is 14.2. The van der Waals surface area contributed by atoms with Gasteiger partial charge in [-0.15, -0.1) is 0 Å². The van der Waals surface area contributed by atoms with Gasteiger partial charge in [0.15, 0.2) is 0 Å². The molecule has 7 heteroatoms. The van der Waals surface area contributed by atoms with Crippen LogP contribution in [0.5, 0.6) is 0 Å². The molecule has 4 saturated carbocycles. The SMILES string of the molecule is CCCCCCCCNCCCC(C)C1CC[C@H]2C3[C@H](OCCCN)CC4C[C@H](OCCCN)CC[C@]4(C)[C@H]3C[C@H](OCCCN)[C@]12C. The van der Waals surface area contributed by atoms with Gasteiger partial charge >= 0.3 is 0 Å². The van der Waals surface area contributed by atoms with Gasteiger partial charge in [0.25, 0.3) is 0 Å². The largest absolute Gasteiger partial charge is 0.378 e. The van der Waals surface area contributed by atoms with E-state index in [2.05, 4.69) is 33.0 Å². The van der Waals surface area contributed by atoms with E-state index in [4.69, 9.17) is 31.4 Å². The van der Waals surface area contributed by atoms with Crippen molar-refractivity contribution in [2.75, 3.05) is 52.5 Å². The van der Waals surface area contributed by atoms with Gasteiger partial charge in [0.05, 0.1) is 18.3 Å². The van der Waals surface area contributed by atoms with Crippen molar-refractivity contribution in [1.29, 1.82) is 0 Å². The number of rotatable bonds is 24. The topological polar surface area (TPSA) is 118 Å². The second-order valence-corrected chi connectivity index (χ2v) is 17.1. The Balaban J connectivity index is 1.46. The molecule has 4 fully saturated rings. The van der Waals surface area contributed by atoms with E-state index in [1.165, 1.54) is 96.4 Å². The molecule has 0 aromatic carbocycles. The van der Waals surface area contributed by atoms with Gasteiger partial charge in [0.2, 0.25) is 0 Å². The van der Waals surface area contributed by atoms with E-state index in [0.29, 0.717) is 78.9 Å². The summed E-state index contributed by atoms with van der Waals surface area (Å²) in [5.41, 5.74) is 18.3. The van der Waals surface area contributed by atoms with Crippen LogP contribution in [0.1, 0.15) is 143 Å². The zero-order valence-electron chi connectivity index (χ0n) is 32.0. The van der Waals surface area contributed by atoms with Crippen molar-refractivity contribution in [3.8, 4) is 0 Å². The van der Waals surface area contributed by atoms with Gasteiger partial charge in [0, 0.05) is 25.2 Å². The maximum atomic E-state index is 7.03. The zero-order valence-corrected chi connectivity index (χ0v) is 32.0. The van der Waals surface area contributed by atoms with Crippen LogP contribution in [0.2, 0.25) is 0 Å². The minimum atomic E-state index is 0.183. The van der Waals surface area contributed by atoms with Crippen molar-refractivity contribution in [2.24, 2.45) is 63.5 Å². The number of nitrogens with one attached hydrogen (secondary N) is 1. The Labute approximate surface area is 296 Å². The van der Waals surface area contributed by atoms with Gasteiger partial charge in [0.1, 0.15) is 0 Å². The first-order valence-corrected chi connectivity index (χ1v) is 21.0. The number of ether oxygens (including phenoxy) is 3. The molecule has 11 atom stereocenters. The molecule has 4 aliphatic carbocycles. The summed E-state index contributed by atoms with van der Waals surface area (Å²) in [7, 11) is 0. The van der Waals surface area contributed by atoms with Crippen LogP contribution in [0.15, 0.2) is 0 Å². The molecule has 0 aromatic heterocycles. The molecule has 48 heavy (non-hydrogen) atoms. The second kappa shape index (κ2) is 20.7. The van der Waals surface area contributed by atoms with E-state index >= 15 is 0 Å². The summed E-state index contributed by atoms with van der Waals surface area (Å²) >= 11 is 0. The summed E-state index contributed by atoms with van der Waals surface area (Å²) in [6.45, 7) is 17.0. The Kier molecular flexibility index (Phi) is 17.4. The highest BCUT2D eigenvalue weighted by Gasteiger charge is 2.66. The number of fused-ring (bicyclic) bond motifs is 5. The normalized spacial score (nSPS) is 36.8. The summed E-state index contributed by atoms with van der Waals surface area (Å²) in [5, 5.41) is 3.77. The van der Waals surface area contributed by atoms with Crippen LogP contribution in [0.25, 0.3) is 0 Å². The number of nitrogens with two attached hydrogens (primary N) is 3. The van der Waals surface area contributed by atoms with E-state index < -0.39 is 0 Å². The lowest BCUT2D eigenvalue weighted by molar-refractivity contribution is -0.227. The van der Waals surface area contributed by atoms with Crippen LogP contribution in [0.4, 0.5) is 0 Å². The van der Waals surface area contributed by atoms with Gasteiger partial charge in [-0.1, -0.05) is 59.8 Å². The molecular weight excluding hydrogens is 596 g/mol. The van der Waals surface area contributed by atoms with E-state index in [9.17, 15) is 0 Å². The Morgan fingerprint density at radius 2 is 1.38 bits per heavy atom. The Morgan fingerprint density at radius 1 is 0.708 bits per heavy atom. The fourth-order valence-corrected chi connectivity index (χ4v) is 11.5. The average Bonchev–Trinajstić information content (AvgIpc) is 3.44. The molecule has 0 aliphatic heterocycles. The highest BCUT2D eigenvalue weighted by Crippen LogP contribution is 2.69. The van der Waals surface area contributed by atoms with Crippen molar-refractivity contribution in [3.63, 3.8) is 0 Å². The van der Waals surface area contributed by atoms with E-state index in [0.717, 1.165) is 52.0 Å². The van der Waals surface area contributed by atoms with Crippen LogP contribution in [0.3, 0.4) is 0 Å². The molecule has 282 valence electrons. The predicted molar refractivity (Wildman–Crippen MR) is 201 cm³/mol. The number of unbranched alkanes of at least 4 members (excludes halogenated alkanes) is 5. The molecule has 0 saturated heterocycles. The van der Waals surface area contributed by atoms with E-state index in [1.54, 1.807) is 0 Å². The maximum absolute atomic E-state index is 7.03. The summed E-state index contributed by atoms with van der Waals surface area (Å²) in [6, 6.07) is 0. The lowest BCUT2D eigenvalue weighted by Gasteiger charge is -2.65. The van der Waals surface area contributed by atoms with E-state index in [1.807, 2.05) is 0 Å². The molecular formula is C41H80N4O3. The van der Waals surface area contributed by atoms with Crippen LogP contribution < -0.4 is 22.5 Å². The highest BCUT2D eigenvalue weighted by molar-refractivity contribution is 5.15. The van der Waals surface area contributed by atoms with Crippen molar-refractivity contribution in [2.45, 2.75) is 162 Å². The zero-order chi connectivity index (χ0) is 34.4. The fraction of sp³-hybridized carbons (Fsp3) is 1.00. The Bertz CT molecular complexity index is 879. The molecule has 0 spiro atoms. The fourth-order valence-electron chi connectivity index (χ4n) is 11.5. The van der Waals surface area contributed by atoms with Gasteiger partial charge in [-0.3, -0.25) is 0 Å². The lowest BCUT2D eigenvalue weighted by atomic mass is 9.43. The number of hydrogen-bond donors (Lipinski definition) is 4. The van der Waals surface area contributed by atoms with Crippen LogP contribution in [-0.4, -0.2) is 70.9 Å². The first-order chi connectivity index (χ1) is 23.3. The molecule has 4 aliphatic rings. The van der Waals surface area contributed by atoms with Crippen molar-refractivity contribution >= 4 is 0 Å². The summed E-state index contributed by atoms with van der Waals surface area (Å²) in [6.07, 6.45) is 23.2. The first-order valence-electron chi connectivity index (χ1n) is 21.0. The van der Waals surface area contributed by atoms with Crippen LogP contribution in [0, 0.1) is 46.3 Å². The van der Waals surface area contributed by atoms with Gasteiger partial charge in [-0.25, -0.2) is 0 Å². The summed E-state index contributed by atoms with van der Waals surface area (Å²) in [4.78, 5) is 0. The minimum absolute atomic E-state index is 0.183. The number of hydrogen-bond acceptors (Lipinski definition) is 7. The quantitative estimate of drug-likeness (QED) is 0.0786. The Hall–Kier alpha value is -0.280. The molecule has 4 unspecified atom stereocenters. The molecule has 4 rings (SSSR count). The molecule has 0 heterocycles. The van der Waals surface area contributed by atoms with Crippen molar-refractivity contribution < 1.29 is 14.2 Å². The standard InChI is InChI=1S/C41H80N4O3/c1-5-6-7-8-9-10-23-45-24-11-15-31(2)34-16-17-35-39-36(30-38(41(34,35)4)48-27-14-22-44)40(3)19-18-33(46-25-12-20-42)28-32(40)29-37(39)47-26-13-21-43/h31-39,45H,5-30,42-44H2,1-4H3/t31?,32?,33-,34?,35+,36+,37-,38+,39?,40+,41-/m1/s1. The van der Waals surface area contributed by atoms with Crippen LogP contribution in [-0.2, 0) is 14.2 Å². The maximum Gasteiger partial charge on any atom is 0.0637 e. The van der Waals surface area contributed by atoms with Gasteiger partial charge in [-0.05, 0) is 157 Å². The molecule has 0 amide bonds. The third kappa shape index (κ3) is 9.98. The minimum Gasteiger partial charge on any atom is -0.378 e. The third-order valence-electron chi connectivity index (χ3n) is 14.2.